The molecule has 4 rings (SSSR count). The topological polar surface area (TPSA) is 102 Å². The van der Waals surface area contributed by atoms with Crippen molar-refractivity contribution in [2.45, 2.75) is 19.8 Å². The number of nitrogens with one attached hydrogen (secondary N) is 1. The molecule has 0 bridgehead atoms. The van der Waals surface area contributed by atoms with Crippen molar-refractivity contribution in [1.82, 2.24) is 5.16 Å². The lowest BCUT2D eigenvalue weighted by Crippen LogP contribution is -2.16. The lowest BCUT2D eigenvalue weighted by atomic mass is 10.0. The average Bonchev–Trinajstić information content (AvgIpc) is 3.20. The summed E-state index contributed by atoms with van der Waals surface area (Å²) in [5.74, 6) is -0.438. The highest BCUT2D eigenvalue weighted by molar-refractivity contribution is 6.31. The fraction of sp³-hybridized carbons (Fsp3) is 0.148. The van der Waals surface area contributed by atoms with Crippen LogP contribution < -0.4 is 5.32 Å². The summed E-state index contributed by atoms with van der Waals surface area (Å²) in [6, 6.07) is 22.4. The highest BCUT2D eigenvalue weighted by Crippen LogP contribution is 2.32. The summed E-state index contributed by atoms with van der Waals surface area (Å²) in [7, 11) is 0. The van der Waals surface area contributed by atoms with E-state index in [1.807, 2.05) is 54.6 Å². The molecule has 0 aliphatic heterocycles. The van der Waals surface area contributed by atoms with Crippen molar-refractivity contribution in [3.8, 4) is 22.5 Å². The third-order valence-electron chi connectivity index (χ3n) is 5.44. The van der Waals surface area contributed by atoms with Gasteiger partial charge in [-0.3, -0.25) is 10.1 Å². The number of carbonyl (C=O) groups excluding carboxylic acids is 1. The minimum absolute atomic E-state index is 0.0116. The first-order valence-electron chi connectivity index (χ1n) is 11.0. The highest BCUT2D eigenvalue weighted by atomic mass is 35.5. The van der Waals surface area contributed by atoms with Crippen LogP contribution in [-0.4, -0.2) is 28.9 Å². The Labute approximate surface area is 207 Å². The molecule has 0 aliphatic rings. The number of hydrogen-bond acceptors (Lipinski definition) is 5. The molecule has 178 valence electrons. The van der Waals surface area contributed by atoms with E-state index in [4.69, 9.17) is 26.0 Å². The Morgan fingerprint density at radius 1 is 0.971 bits per heavy atom. The van der Waals surface area contributed by atoms with Crippen LogP contribution in [0.2, 0.25) is 5.02 Å². The molecule has 0 saturated carbocycles. The molecule has 0 atom stereocenters. The average molecular weight is 491 g/mol. The van der Waals surface area contributed by atoms with Gasteiger partial charge in [0.25, 0.3) is 0 Å². The SMILES string of the molecule is Cc1noc(-c2ccc(-c3ccc(CC(=O)O)cc3)cc2)c1NC(=O)OCCc1ccccc1Cl. The van der Waals surface area contributed by atoms with Gasteiger partial charge in [-0.2, -0.15) is 0 Å². The Hall–Kier alpha value is -4.10. The van der Waals surface area contributed by atoms with Crippen LogP contribution in [0.1, 0.15) is 16.8 Å². The zero-order valence-electron chi connectivity index (χ0n) is 19.0. The third-order valence-corrected chi connectivity index (χ3v) is 5.81. The largest absolute Gasteiger partial charge is 0.481 e. The Kier molecular flexibility index (Phi) is 7.48. The van der Waals surface area contributed by atoms with E-state index in [9.17, 15) is 9.59 Å². The van der Waals surface area contributed by atoms with Gasteiger partial charge < -0.3 is 14.4 Å². The van der Waals surface area contributed by atoms with Crippen LogP contribution in [0.5, 0.6) is 0 Å². The van der Waals surface area contributed by atoms with Crippen molar-refractivity contribution in [2.75, 3.05) is 11.9 Å². The van der Waals surface area contributed by atoms with Gasteiger partial charge in [-0.1, -0.05) is 83.5 Å². The van der Waals surface area contributed by atoms with Crippen molar-refractivity contribution in [3.05, 3.63) is 94.6 Å². The first-order chi connectivity index (χ1) is 16.9. The summed E-state index contributed by atoms with van der Waals surface area (Å²) >= 11 is 6.14. The molecule has 7 nitrogen and oxygen atoms in total. The molecule has 1 heterocycles. The number of carboxylic acid groups (broad SMARTS) is 1. The van der Waals surface area contributed by atoms with Crippen LogP contribution in [0.15, 0.2) is 77.3 Å². The second-order valence-corrected chi connectivity index (χ2v) is 8.33. The number of anilines is 1. The molecule has 4 aromatic rings. The molecule has 0 aliphatic carbocycles. The Morgan fingerprint density at radius 3 is 2.26 bits per heavy atom. The summed E-state index contributed by atoms with van der Waals surface area (Å²) in [6.07, 6.45) is -0.119. The maximum Gasteiger partial charge on any atom is 0.411 e. The quantitative estimate of drug-likeness (QED) is 0.297. The predicted molar refractivity (Wildman–Crippen MR) is 134 cm³/mol. The number of halogens is 1. The zero-order valence-corrected chi connectivity index (χ0v) is 19.7. The molecule has 0 unspecified atom stereocenters. The van der Waals surface area contributed by atoms with Gasteiger partial charge >= 0.3 is 12.1 Å². The van der Waals surface area contributed by atoms with Crippen molar-refractivity contribution in [2.24, 2.45) is 0 Å². The highest BCUT2D eigenvalue weighted by Gasteiger charge is 2.18. The number of amides is 1. The van der Waals surface area contributed by atoms with E-state index in [2.05, 4.69) is 10.5 Å². The Balaban J connectivity index is 1.41. The molecular formula is C27H23ClN2O5. The molecule has 2 N–H and O–H groups in total. The van der Waals surface area contributed by atoms with Gasteiger partial charge in [0.05, 0.1) is 13.0 Å². The number of carboxylic acids is 1. The van der Waals surface area contributed by atoms with Gasteiger partial charge in [-0.05, 0) is 35.2 Å². The van der Waals surface area contributed by atoms with Crippen LogP contribution in [0.3, 0.4) is 0 Å². The fourth-order valence-electron chi connectivity index (χ4n) is 3.61. The number of aromatic nitrogens is 1. The van der Waals surface area contributed by atoms with E-state index < -0.39 is 12.1 Å². The molecule has 0 fully saturated rings. The predicted octanol–water partition coefficient (Wildman–Crippen LogP) is 6.39. The third kappa shape index (κ3) is 6.07. The van der Waals surface area contributed by atoms with E-state index in [1.54, 1.807) is 25.1 Å². The summed E-state index contributed by atoms with van der Waals surface area (Å²) in [5.41, 5.74) is 5.27. The number of ether oxygens (including phenoxy) is 1. The molecule has 35 heavy (non-hydrogen) atoms. The number of carbonyl (C=O) groups is 2. The molecule has 3 aromatic carbocycles. The normalized spacial score (nSPS) is 10.7. The van der Waals surface area contributed by atoms with Gasteiger partial charge in [0.1, 0.15) is 11.4 Å². The molecule has 1 amide bonds. The van der Waals surface area contributed by atoms with Gasteiger partial charge in [0.2, 0.25) is 0 Å². The second kappa shape index (κ2) is 10.9. The second-order valence-electron chi connectivity index (χ2n) is 7.92. The van der Waals surface area contributed by atoms with E-state index in [1.165, 1.54) is 0 Å². The zero-order chi connectivity index (χ0) is 24.8. The summed E-state index contributed by atoms with van der Waals surface area (Å²) in [6.45, 7) is 1.91. The van der Waals surface area contributed by atoms with Gasteiger partial charge in [-0.25, -0.2) is 4.79 Å². The summed E-state index contributed by atoms with van der Waals surface area (Å²) < 4.78 is 10.8. The maximum absolute atomic E-state index is 12.4. The standard InChI is InChI=1S/C27H23ClN2O5/c1-17-25(29-27(33)34-15-14-21-4-2-3-5-23(21)28)26(35-30-17)22-12-10-20(11-13-22)19-8-6-18(7-9-19)16-24(31)32/h2-13H,14-16H2,1H3,(H,29,33)(H,31,32). The number of nitrogens with zero attached hydrogens (tertiary/aromatic N) is 1. The van der Waals surface area contributed by atoms with Crippen LogP contribution in [0, 0.1) is 6.92 Å². The van der Waals surface area contributed by atoms with Gasteiger partial charge in [-0.15, -0.1) is 0 Å². The Morgan fingerprint density at radius 2 is 1.60 bits per heavy atom. The lowest BCUT2D eigenvalue weighted by molar-refractivity contribution is -0.136. The minimum atomic E-state index is -0.863. The van der Waals surface area contributed by atoms with Crippen LogP contribution in [-0.2, 0) is 22.4 Å². The summed E-state index contributed by atoms with van der Waals surface area (Å²) in [5, 5.41) is 16.3. The van der Waals surface area contributed by atoms with E-state index in [-0.39, 0.29) is 13.0 Å². The monoisotopic (exact) mass is 490 g/mol. The van der Waals surface area contributed by atoms with Gasteiger partial charge in [0.15, 0.2) is 5.76 Å². The minimum Gasteiger partial charge on any atom is -0.481 e. The van der Waals surface area contributed by atoms with Gasteiger partial charge in [0, 0.05) is 17.0 Å². The number of aliphatic carboxylic acids is 1. The van der Waals surface area contributed by atoms with E-state index in [0.29, 0.717) is 28.6 Å². The molecule has 8 heteroatoms. The molecular weight excluding hydrogens is 468 g/mol. The van der Waals surface area contributed by atoms with Crippen LogP contribution in [0.25, 0.3) is 22.5 Å². The molecule has 1 aromatic heterocycles. The number of aryl methyl sites for hydroxylation is 1. The fourth-order valence-corrected chi connectivity index (χ4v) is 3.84. The Bertz CT molecular complexity index is 1330. The lowest BCUT2D eigenvalue weighted by Gasteiger charge is -2.09. The number of benzene rings is 3. The maximum atomic E-state index is 12.4. The number of rotatable bonds is 8. The van der Waals surface area contributed by atoms with E-state index in [0.717, 1.165) is 27.8 Å². The van der Waals surface area contributed by atoms with Crippen LogP contribution >= 0.6 is 11.6 Å². The smallest absolute Gasteiger partial charge is 0.411 e. The first-order valence-corrected chi connectivity index (χ1v) is 11.3. The van der Waals surface area contributed by atoms with Crippen LogP contribution in [0.4, 0.5) is 10.5 Å². The number of hydrogen-bond donors (Lipinski definition) is 2. The van der Waals surface area contributed by atoms with Crippen molar-refractivity contribution in [3.63, 3.8) is 0 Å². The molecule has 0 radical (unpaired) electrons. The van der Waals surface area contributed by atoms with Crippen molar-refractivity contribution < 1.29 is 24.0 Å². The van der Waals surface area contributed by atoms with E-state index >= 15 is 0 Å². The summed E-state index contributed by atoms with van der Waals surface area (Å²) in [4.78, 5) is 23.2. The van der Waals surface area contributed by atoms with Crippen molar-refractivity contribution in [1.29, 1.82) is 0 Å². The molecule has 0 saturated heterocycles. The molecule has 0 spiro atoms. The first kappa shape index (κ1) is 24.0. The van der Waals surface area contributed by atoms with Crippen molar-refractivity contribution >= 4 is 29.4 Å².